The molecule has 2 rings (SSSR count). The van der Waals surface area contributed by atoms with Gasteiger partial charge < -0.3 is 11.5 Å². The first-order valence-electron chi connectivity index (χ1n) is 4.61. The van der Waals surface area contributed by atoms with Gasteiger partial charge >= 0.3 is 0 Å². The Morgan fingerprint density at radius 3 is 2.64 bits per heavy atom. The fraction of sp³-hybridized carbons (Fsp3) is 0.300. The van der Waals surface area contributed by atoms with Crippen molar-refractivity contribution in [2.75, 3.05) is 25.1 Å². The lowest BCUT2D eigenvalue weighted by Crippen LogP contribution is -2.04. The topological polar surface area (TPSA) is 67.6 Å². The van der Waals surface area contributed by atoms with Crippen LogP contribution >= 0.6 is 0 Å². The average molecular weight is 190 g/mol. The van der Waals surface area contributed by atoms with Crippen LogP contribution in [-0.2, 0) is 0 Å². The Labute approximate surface area is 83.2 Å². The van der Waals surface area contributed by atoms with Gasteiger partial charge in [-0.1, -0.05) is 6.07 Å². The van der Waals surface area contributed by atoms with Crippen LogP contribution in [0.25, 0.3) is 0 Å². The van der Waals surface area contributed by atoms with Crippen molar-refractivity contribution in [3.63, 3.8) is 0 Å². The van der Waals surface area contributed by atoms with E-state index in [-0.39, 0.29) is 0 Å². The first-order valence-corrected chi connectivity index (χ1v) is 4.61. The lowest BCUT2D eigenvalue weighted by atomic mass is 10.1. The molecule has 4 heteroatoms. The van der Waals surface area contributed by atoms with Crippen LogP contribution in [0.1, 0.15) is 12.0 Å². The third kappa shape index (κ3) is 1.51. The highest BCUT2D eigenvalue weighted by molar-refractivity contribution is 6.02. The van der Waals surface area contributed by atoms with E-state index in [1.807, 2.05) is 30.3 Å². The van der Waals surface area contributed by atoms with Crippen LogP contribution in [0.5, 0.6) is 0 Å². The van der Waals surface area contributed by atoms with E-state index in [1.165, 1.54) is 0 Å². The van der Waals surface area contributed by atoms with E-state index >= 15 is 0 Å². The first kappa shape index (κ1) is 8.87. The summed E-state index contributed by atoms with van der Waals surface area (Å²) < 4.78 is 0. The molecule has 0 aliphatic carbocycles. The zero-order valence-corrected chi connectivity index (χ0v) is 8.20. The molecule has 0 atom stereocenters. The second kappa shape index (κ2) is 3.21. The Hall–Kier alpha value is -1.71. The molecule has 74 valence electrons. The number of nitrogens with two attached hydrogens (primary N) is 2. The van der Waals surface area contributed by atoms with Crippen LogP contribution in [0.15, 0.2) is 23.3 Å². The number of rotatable bonds is 1. The Kier molecular flexibility index (Phi) is 2.04. The second-order valence-electron chi connectivity index (χ2n) is 3.52. The molecule has 0 radical (unpaired) electrons. The largest absolute Gasteiger partial charge is 0.397 e. The second-order valence-corrected chi connectivity index (χ2v) is 3.52. The van der Waals surface area contributed by atoms with Crippen LogP contribution in [0.4, 0.5) is 11.4 Å². The monoisotopic (exact) mass is 190 g/mol. The molecule has 1 heterocycles. The van der Waals surface area contributed by atoms with Gasteiger partial charge in [0, 0.05) is 20.0 Å². The van der Waals surface area contributed by atoms with E-state index in [9.17, 15) is 0 Å². The maximum atomic E-state index is 5.73. The number of hydrogen-bond donors (Lipinski definition) is 2. The van der Waals surface area contributed by atoms with Crippen LogP contribution < -0.4 is 11.5 Å². The zero-order chi connectivity index (χ0) is 10.1. The summed E-state index contributed by atoms with van der Waals surface area (Å²) in [5, 5.41) is 6.32. The molecule has 14 heavy (non-hydrogen) atoms. The van der Waals surface area contributed by atoms with Gasteiger partial charge in [-0.3, -0.25) is 5.01 Å². The molecule has 4 nitrogen and oxygen atoms in total. The highest BCUT2D eigenvalue weighted by atomic mass is 15.5. The minimum Gasteiger partial charge on any atom is -0.397 e. The van der Waals surface area contributed by atoms with E-state index in [0.717, 1.165) is 24.2 Å². The minimum absolute atomic E-state index is 0.625. The van der Waals surface area contributed by atoms with Gasteiger partial charge in [-0.2, -0.15) is 5.10 Å². The number of nitrogen functional groups attached to an aromatic ring is 2. The summed E-state index contributed by atoms with van der Waals surface area (Å²) in [5.74, 6) is 0. The molecule has 0 saturated heterocycles. The smallest absolute Gasteiger partial charge is 0.0696 e. The molecule has 0 unspecified atom stereocenters. The summed E-state index contributed by atoms with van der Waals surface area (Å²) in [6.45, 7) is 0.972. The van der Waals surface area contributed by atoms with Crippen LogP contribution in [0.3, 0.4) is 0 Å². The zero-order valence-electron chi connectivity index (χ0n) is 8.20. The van der Waals surface area contributed by atoms with Crippen LogP contribution in [0, 0.1) is 0 Å². The predicted octanol–water partition coefficient (Wildman–Crippen LogP) is 0.891. The maximum absolute atomic E-state index is 5.73. The summed E-state index contributed by atoms with van der Waals surface area (Å²) in [6, 6.07) is 5.67. The van der Waals surface area contributed by atoms with Gasteiger partial charge in [0.15, 0.2) is 0 Å². The molecule has 1 aliphatic rings. The van der Waals surface area contributed by atoms with Crippen molar-refractivity contribution < 1.29 is 0 Å². The van der Waals surface area contributed by atoms with Crippen LogP contribution in [0.2, 0.25) is 0 Å². The molecule has 0 amide bonds. The molecule has 0 fully saturated rings. The molecule has 1 aromatic rings. The van der Waals surface area contributed by atoms with Crippen LogP contribution in [-0.4, -0.2) is 24.3 Å². The van der Waals surface area contributed by atoms with Crippen molar-refractivity contribution in [2.45, 2.75) is 6.42 Å². The Morgan fingerprint density at radius 1 is 1.29 bits per heavy atom. The molecule has 0 spiro atoms. The van der Waals surface area contributed by atoms with Crippen molar-refractivity contribution >= 4 is 17.1 Å². The fourth-order valence-electron chi connectivity index (χ4n) is 1.53. The van der Waals surface area contributed by atoms with Crippen molar-refractivity contribution in [3.8, 4) is 0 Å². The fourth-order valence-corrected chi connectivity index (χ4v) is 1.53. The number of benzene rings is 1. The lowest BCUT2D eigenvalue weighted by molar-refractivity contribution is 0.393. The van der Waals surface area contributed by atoms with Gasteiger partial charge in [0.2, 0.25) is 0 Å². The number of hydrogen-bond acceptors (Lipinski definition) is 4. The predicted molar refractivity (Wildman–Crippen MR) is 59.1 cm³/mol. The quantitative estimate of drug-likeness (QED) is 0.646. The van der Waals surface area contributed by atoms with Crippen molar-refractivity contribution in [1.82, 2.24) is 5.01 Å². The SMILES string of the molecule is CN1CCC(c2ccc(N)c(N)c2)=N1. The van der Waals surface area contributed by atoms with Crippen molar-refractivity contribution in [3.05, 3.63) is 23.8 Å². The average Bonchev–Trinajstić information content (AvgIpc) is 2.57. The molecule has 1 aliphatic heterocycles. The van der Waals surface area contributed by atoms with Crippen molar-refractivity contribution in [1.29, 1.82) is 0 Å². The normalized spacial score (nSPS) is 15.8. The summed E-state index contributed by atoms with van der Waals surface area (Å²) in [5.41, 5.74) is 14.8. The summed E-state index contributed by atoms with van der Waals surface area (Å²) in [7, 11) is 1.97. The Bertz CT molecular complexity index is 384. The third-order valence-electron chi connectivity index (χ3n) is 2.38. The Morgan fingerprint density at radius 2 is 2.07 bits per heavy atom. The summed E-state index contributed by atoms with van der Waals surface area (Å²) >= 11 is 0. The van der Waals surface area contributed by atoms with Gasteiger partial charge in [-0.15, -0.1) is 0 Å². The third-order valence-corrected chi connectivity index (χ3v) is 2.38. The van der Waals surface area contributed by atoms with Gasteiger partial charge in [0.05, 0.1) is 17.1 Å². The van der Waals surface area contributed by atoms with E-state index in [0.29, 0.717) is 11.4 Å². The molecular weight excluding hydrogens is 176 g/mol. The molecule has 0 saturated carbocycles. The standard InChI is InChI=1S/C10H14N4/c1-14-5-4-10(13-14)7-2-3-8(11)9(12)6-7/h2-3,6H,4-5,11-12H2,1H3. The van der Waals surface area contributed by atoms with Gasteiger partial charge in [0.25, 0.3) is 0 Å². The van der Waals surface area contributed by atoms with E-state index in [4.69, 9.17) is 11.5 Å². The van der Waals surface area contributed by atoms with Crippen molar-refractivity contribution in [2.24, 2.45) is 5.10 Å². The summed E-state index contributed by atoms with van der Waals surface area (Å²) in [6.07, 6.45) is 0.972. The van der Waals surface area contributed by atoms with E-state index in [2.05, 4.69) is 5.10 Å². The highest BCUT2D eigenvalue weighted by Crippen LogP contribution is 2.19. The lowest BCUT2D eigenvalue weighted by Gasteiger charge is -2.03. The minimum atomic E-state index is 0.625. The number of hydrazone groups is 1. The molecular formula is C10H14N4. The molecule has 4 N–H and O–H groups in total. The number of anilines is 2. The molecule has 0 aromatic heterocycles. The highest BCUT2D eigenvalue weighted by Gasteiger charge is 2.13. The van der Waals surface area contributed by atoms with Gasteiger partial charge in [0.1, 0.15) is 0 Å². The Balaban J connectivity index is 2.34. The maximum Gasteiger partial charge on any atom is 0.0696 e. The van der Waals surface area contributed by atoms with Gasteiger partial charge in [-0.25, -0.2) is 0 Å². The van der Waals surface area contributed by atoms with E-state index < -0.39 is 0 Å². The first-order chi connectivity index (χ1) is 6.66. The van der Waals surface area contributed by atoms with E-state index in [1.54, 1.807) is 0 Å². The molecule has 1 aromatic carbocycles. The number of nitrogens with zero attached hydrogens (tertiary/aromatic N) is 2. The van der Waals surface area contributed by atoms with Gasteiger partial charge in [-0.05, 0) is 17.7 Å². The summed E-state index contributed by atoms with van der Waals surface area (Å²) in [4.78, 5) is 0. The molecule has 0 bridgehead atoms.